The fourth-order valence-electron chi connectivity index (χ4n) is 0.854. The first-order chi connectivity index (χ1) is 5.20. The Morgan fingerprint density at radius 1 is 1.64 bits per heavy atom. The largest absolute Gasteiger partial charge is 0.359 e. The van der Waals surface area contributed by atoms with Crippen molar-refractivity contribution in [1.29, 1.82) is 0 Å². The van der Waals surface area contributed by atoms with Gasteiger partial charge in [0.1, 0.15) is 0 Å². The van der Waals surface area contributed by atoms with Crippen molar-refractivity contribution in [3.63, 3.8) is 0 Å². The smallest absolute Gasteiger partial charge is 0.219 e. The van der Waals surface area contributed by atoms with Crippen LogP contribution in [0.25, 0.3) is 0 Å². The highest BCUT2D eigenvalue weighted by molar-refractivity contribution is 6.08. The molecule has 0 aromatic heterocycles. The molecule has 0 aliphatic heterocycles. The molecule has 0 bridgehead atoms. The summed E-state index contributed by atoms with van der Waals surface area (Å²) < 4.78 is 0. The lowest BCUT2D eigenvalue weighted by molar-refractivity contribution is -0.120. The van der Waals surface area contributed by atoms with Gasteiger partial charge in [0.25, 0.3) is 0 Å². The highest BCUT2D eigenvalue weighted by Gasteiger charge is 2.00. The van der Waals surface area contributed by atoms with E-state index in [-0.39, 0.29) is 5.91 Å². The monoisotopic (exact) mass is 153 g/mol. The summed E-state index contributed by atoms with van der Waals surface area (Å²) in [5, 5.41) is 2.59. The van der Waals surface area contributed by atoms with Crippen molar-refractivity contribution in [2.24, 2.45) is 5.92 Å². The van der Waals surface area contributed by atoms with Crippen LogP contribution in [0.5, 0.6) is 0 Å². The Morgan fingerprint density at radius 2 is 2.27 bits per heavy atom. The Balaban J connectivity index is 3.20. The van der Waals surface area contributed by atoms with Crippen molar-refractivity contribution in [2.75, 3.05) is 7.05 Å². The topological polar surface area (TPSA) is 29.1 Å². The Hall–Kier alpha value is -0.465. The number of carbonyl (C=O) groups is 1. The third-order valence-corrected chi connectivity index (χ3v) is 1.78. The van der Waals surface area contributed by atoms with Gasteiger partial charge in [-0.05, 0) is 6.42 Å². The molecule has 11 heavy (non-hydrogen) atoms. The maximum absolute atomic E-state index is 10.7. The van der Waals surface area contributed by atoms with Gasteiger partial charge < -0.3 is 5.32 Å². The lowest BCUT2D eigenvalue weighted by atomic mass is 9.89. The predicted molar refractivity (Wildman–Crippen MR) is 47.6 cm³/mol. The molecule has 0 saturated heterocycles. The fourth-order valence-corrected chi connectivity index (χ4v) is 0.854. The van der Waals surface area contributed by atoms with Crippen LogP contribution in [-0.2, 0) is 4.79 Å². The molecule has 0 fully saturated rings. The van der Waals surface area contributed by atoms with Crippen molar-refractivity contribution in [1.82, 2.24) is 5.32 Å². The average Bonchev–Trinajstić information content (AvgIpc) is 2.04. The van der Waals surface area contributed by atoms with Crippen LogP contribution < -0.4 is 5.32 Å². The molecule has 0 heterocycles. The van der Waals surface area contributed by atoms with Crippen LogP contribution in [0.2, 0.25) is 6.32 Å². The summed E-state index contributed by atoms with van der Waals surface area (Å²) in [5.41, 5.74) is 0. The summed E-state index contributed by atoms with van der Waals surface area (Å²) in [5.74, 6) is 0.661. The lowest BCUT2D eigenvalue weighted by Gasteiger charge is -2.06. The standard InChI is InChI=1S/C8H16BNO/c1-7(6-9)4-3-5-8(11)10-2/h7H,3-6H2,1-2H3,(H,10,11). The van der Waals surface area contributed by atoms with Gasteiger partial charge in [-0.1, -0.05) is 25.6 Å². The molecule has 1 amide bonds. The maximum atomic E-state index is 10.7. The summed E-state index contributed by atoms with van der Waals surface area (Å²) in [6, 6.07) is 0. The van der Waals surface area contributed by atoms with Gasteiger partial charge in [0, 0.05) is 13.5 Å². The van der Waals surface area contributed by atoms with Gasteiger partial charge in [0.05, 0.1) is 7.85 Å². The molecule has 0 rings (SSSR count). The third-order valence-electron chi connectivity index (χ3n) is 1.78. The summed E-state index contributed by atoms with van der Waals surface area (Å²) in [7, 11) is 7.08. The molecule has 1 atom stereocenters. The van der Waals surface area contributed by atoms with Crippen LogP contribution >= 0.6 is 0 Å². The predicted octanol–water partition coefficient (Wildman–Crippen LogP) is 1.13. The van der Waals surface area contributed by atoms with E-state index in [1.54, 1.807) is 7.05 Å². The van der Waals surface area contributed by atoms with Crippen LogP contribution in [-0.4, -0.2) is 20.8 Å². The normalized spacial score (nSPS) is 12.5. The minimum absolute atomic E-state index is 0.120. The van der Waals surface area contributed by atoms with Gasteiger partial charge in [-0.2, -0.15) is 0 Å². The van der Waals surface area contributed by atoms with Gasteiger partial charge in [-0.3, -0.25) is 4.79 Å². The van der Waals surface area contributed by atoms with E-state index in [4.69, 9.17) is 7.85 Å². The molecule has 0 spiro atoms. The number of carbonyl (C=O) groups excluding carboxylic acids is 1. The molecule has 0 aliphatic carbocycles. The molecule has 1 unspecified atom stereocenters. The van der Waals surface area contributed by atoms with E-state index in [2.05, 4.69) is 12.2 Å². The van der Waals surface area contributed by atoms with E-state index >= 15 is 0 Å². The van der Waals surface area contributed by atoms with E-state index < -0.39 is 0 Å². The molecule has 0 aromatic carbocycles. The van der Waals surface area contributed by atoms with Gasteiger partial charge >= 0.3 is 0 Å². The molecule has 0 aliphatic rings. The highest BCUT2D eigenvalue weighted by atomic mass is 16.1. The van der Waals surface area contributed by atoms with Crippen molar-refractivity contribution in [2.45, 2.75) is 32.5 Å². The van der Waals surface area contributed by atoms with Crippen LogP contribution in [0.4, 0.5) is 0 Å². The Kier molecular flexibility index (Phi) is 5.99. The van der Waals surface area contributed by atoms with E-state index in [9.17, 15) is 4.79 Å². The zero-order chi connectivity index (χ0) is 8.69. The number of hydrogen-bond acceptors (Lipinski definition) is 1. The van der Waals surface area contributed by atoms with Gasteiger partial charge in [-0.25, -0.2) is 0 Å². The number of hydrogen-bond donors (Lipinski definition) is 1. The Morgan fingerprint density at radius 3 is 2.73 bits per heavy atom. The molecular weight excluding hydrogens is 137 g/mol. The van der Waals surface area contributed by atoms with Gasteiger partial charge in [-0.15, -0.1) is 0 Å². The first kappa shape index (κ1) is 10.5. The molecule has 0 aromatic rings. The zero-order valence-corrected chi connectivity index (χ0v) is 7.39. The van der Waals surface area contributed by atoms with Crippen molar-refractivity contribution >= 4 is 13.8 Å². The first-order valence-corrected chi connectivity index (χ1v) is 4.11. The van der Waals surface area contributed by atoms with Crippen molar-refractivity contribution in [3.05, 3.63) is 0 Å². The van der Waals surface area contributed by atoms with Gasteiger partial charge in [0.15, 0.2) is 0 Å². The van der Waals surface area contributed by atoms with Crippen molar-refractivity contribution in [3.8, 4) is 0 Å². The summed E-state index contributed by atoms with van der Waals surface area (Å²) in [6.45, 7) is 2.10. The second-order valence-corrected chi connectivity index (χ2v) is 2.91. The Bertz CT molecular complexity index is 117. The van der Waals surface area contributed by atoms with Crippen LogP contribution in [0.3, 0.4) is 0 Å². The Labute approximate surface area is 70.2 Å². The maximum Gasteiger partial charge on any atom is 0.219 e. The molecule has 0 saturated carbocycles. The minimum Gasteiger partial charge on any atom is -0.359 e. The van der Waals surface area contributed by atoms with E-state index in [0.717, 1.165) is 12.8 Å². The minimum atomic E-state index is 0.120. The van der Waals surface area contributed by atoms with Crippen LogP contribution in [0, 0.1) is 5.92 Å². The van der Waals surface area contributed by atoms with Crippen LogP contribution in [0.1, 0.15) is 26.2 Å². The van der Waals surface area contributed by atoms with E-state index in [1.165, 1.54) is 0 Å². The number of amides is 1. The SMILES string of the molecule is [B]CC(C)CCCC(=O)NC. The lowest BCUT2D eigenvalue weighted by Crippen LogP contribution is -2.17. The summed E-state index contributed by atoms with van der Waals surface area (Å²) in [4.78, 5) is 10.7. The molecule has 62 valence electrons. The van der Waals surface area contributed by atoms with E-state index in [1.807, 2.05) is 0 Å². The molecule has 1 N–H and O–H groups in total. The number of nitrogens with one attached hydrogen (secondary N) is 1. The zero-order valence-electron chi connectivity index (χ0n) is 7.39. The van der Waals surface area contributed by atoms with E-state index in [0.29, 0.717) is 18.7 Å². The average molecular weight is 153 g/mol. The second kappa shape index (κ2) is 6.26. The molecule has 2 radical (unpaired) electrons. The van der Waals surface area contributed by atoms with Crippen LogP contribution in [0.15, 0.2) is 0 Å². The number of rotatable bonds is 5. The van der Waals surface area contributed by atoms with Gasteiger partial charge in [0.2, 0.25) is 5.91 Å². The van der Waals surface area contributed by atoms with Crippen molar-refractivity contribution < 1.29 is 4.79 Å². The summed E-state index contributed by atoms with van der Waals surface area (Å²) >= 11 is 0. The molecule has 3 heteroatoms. The third kappa shape index (κ3) is 5.95. The molecule has 2 nitrogen and oxygen atoms in total. The summed E-state index contributed by atoms with van der Waals surface area (Å²) in [6.07, 6.45) is 3.33. The quantitative estimate of drug-likeness (QED) is 0.589. The molecular formula is C8H16BNO. The fraction of sp³-hybridized carbons (Fsp3) is 0.875. The second-order valence-electron chi connectivity index (χ2n) is 2.91. The highest BCUT2D eigenvalue weighted by Crippen LogP contribution is 2.09. The first-order valence-electron chi connectivity index (χ1n) is 4.11.